The summed E-state index contributed by atoms with van der Waals surface area (Å²) in [5, 5.41) is 11.2. The van der Waals surface area contributed by atoms with Gasteiger partial charge in [-0.15, -0.1) is 0 Å². The number of rotatable bonds is 2. The molecule has 7 atom stereocenters. The second-order valence-electron chi connectivity index (χ2n) is 10.3. The Morgan fingerprint density at radius 2 is 2.04 bits per heavy atom. The van der Waals surface area contributed by atoms with E-state index >= 15 is 0 Å². The van der Waals surface area contributed by atoms with Gasteiger partial charge in [-0.3, -0.25) is 9.59 Å². The Bertz CT molecular complexity index is 743. The van der Waals surface area contributed by atoms with E-state index in [0.29, 0.717) is 36.6 Å². The molecule has 4 aliphatic carbocycles. The normalized spacial score (nSPS) is 49.5. The summed E-state index contributed by atoms with van der Waals surface area (Å²) in [4.78, 5) is 23.3. The number of allylic oxidation sites excluding steroid dienone is 1. The highest BCUT2D eigenvalue weighted by Crippen LogP contribution is 2.70. The maximum Gasteiger partial charge on any atom is 0.302 e. The lowest BCUT2D eigenvalue weighted by Crippen LogP contribution is -2.52. The summed E-state index contributed by atoms with van der Waals surface area (Å²) in [6.07, 6.45) is 10.1. The van der Waals surface area contributed by atoms with Crippen molar-refractivity contribution >= 4 is 11.8 Å². The molecule has 1 N–H and O–H groups in total. The van der Waals surface area contributed by atoms with Crippen molar-refractivity contribution in [3.63, 3.8) is 0 Å². The third kappa shape index (κ3) is 2.44. The lowest BCUT2D eigenvalue weighted by molar-refractivity contribution is -0.225. The van der Waals surface area contributed by atoms with Crippen molar-refractivity contribution < 1.29 is 24.2 Å². The van der Waals surface area contributed by atoms with Gasteiger partial charge in [0.15, 0.2) is 5.78 Å². The fraction of sp³-hybridized carbons (Fsp3) is 0.826. The summed E-state index contributed by atoms with van der Waals surface area (Å²) in [5.41, 5.74) is 1.59. The molecule has 0 radical (unpaired) electrons. The molecule has 0 aromatic rings. The molecule has 1 spiro atoms. The zero-order valence-corrected chi connectivity index (χ0v) is 17.0. The highest BCUT2D eigenvalue weighted by Gasteiger charge is 2.68. The van der Waals surface area contributed by atoms with E-state index in [0.717, 1.165) is 44.9 Å². The first-order valence-electron chi connectivity index (χ1n) is 11.0. The molecule has 5 heteroatoms. The predicted molar refractivity (Wildman–Crippen MR) is 102 cm³/mol. The molecule has 0 aromatic heterocycles. The average Bonchev–Trinajstić information content (AvgIpc) is 3.17. The van der Waals surface area contributed by atoms with Crippen LogP contribution in [-0.2, 0) is 19.1 Å². The Hall–Kier alpha value is -1.20. The van der Waals surface area contributed by atoms with E-state index in [-0.39, 0.29) is 29.3 Å². The van der Waals surface area contributed by atoms with Crippen LogP contribution in [0.2, 0.25) is 0 Å². The highest BCUT2D eigenvalue weighted by molar-refractivity contribution is 5.91. The molecular weight excluding hydrogens is 356 g/mol. The number of carbonyl (C=O) groups excluding carboxylic acids is 2. The molecule has 0 amide bonds. The van der Waals surface area contributed by atoms with Crippen molar-refractivity contribution in [2.45, 2.75) is 71.0 Å². The average molecular weight is 389 g/mol. The fourth-order valence-electron chi connectivity index (χ4n) is 8.03. The molecule has 5 rings (SSSR count). The Balaban J connectivity index is 1.42. The summed E-state index contributed by atoms with van der Waals surface area (Å²) in [6, 6.07) is 0. The number of aliphatic hydroxyl groups is 1. The molecule has 28 heavy (non-hydrogen) atoms. The zero-order valence-electron chi connectivity index (χ0n) is 17.0. The van der Waals surface area contributed by atoms with Gasteiger partial charge < -0.3 is 14.6 Å². The zero-order chi connectivity index (χ0) is 19.7. The van der Waals surface area contributed by atoms with E-state index in [9.17, 15) is 14.7 Å². The minimum atomic E-state index is -1.33. The number of esters is 1. The van der Waals surface area contributed by atoms with Crippen LogP contribution in [0, 0.1) is 34.5 Å². The van der Waals surface area contributed by atoms with Gasteiger partial charge in [0.1, 0.15) is 6.61 Å². The van der Waals surface area contributed by atoms with Crippen LogP contribution in [0.5, 0.6) is 0 Å². The molecule has 5 nitrogen and oxygen atoms in total. The number of hydrogen-bond donors (Lipinski definition) is 1. The maximum absolute atomic E-state index is 12.0. The van der Waals surface area contributed by atoms with E-state index in [4.69, 9.17) is 9.47 Å². The van der Waals surface area contributed by atoms with E-state index in [1.54, 1.807) is 0 Å². The summed E-state index contributed by atoms with van der Waals surface area (Å²) in [7, 11) is 0. The number of carbonyl (C=O) groups is 2. The SMILES string of the molecule is CC(=O)OCC1(O)OC[C@]23CC[C@H]4[C@@H](CCC5=CC(=O)CC[C@@]54C)[C@@H]2CC[C@H]13. The molecule has 5 aliphatic rings. The largest absolute Gasteiger partial charge is 0.460 e. The van der Waals surface area contributed by atoms with E-state index < -0.39 is 5.79 Å². The quantitative estimate of drug-likeness (QED) is 0.734. The van der Waals surface area contributed by atoms with Crippen LogP contribution in [0.3, 0.4) is 0 Å². The molecule has 4 fully saturated rings. The van der Waals surface area contributed by atoms with Gasteiger partial charge in [0.05, 0.1) is 6.61 Å². The van der Waals surface area contributed by atoms with Crippen LogP contribution in [0.25, 0.3) is 0 Å². The molecule has 0 aromatic carbocycles. The van der Waals surface area contributed by atoms with Crippen LogP contribution in [0.15, 0.2) is 11.6 Å². The Morgan fingerprint density at radius 3 is 2.82 bits per heavy atom. The monoisotopic (exact) mass is 388 g/mol. The summed E-state index contributed by atoms with van der Waals surface area (Å²) < 4.78 is 11.1. The van der Waals surface area contributed by atoms with Crippen LogP contribution in [0.4, 0.5) is 0 Å². The lowest BCUT2D eigenvalue weighted by Gasteiger charge is -2.57. The lowest BCUT2D eigenvalue weighted by atomic mass is 9.46. The van der Waals surface area contributed by atoms with Gasteiger partial charge in [0.25, 0.3) is 0 Å². The summed E-state index contributed by atoms with van der Waals surface area (Å²) in [6.45, 7) is 4.30. The second-order valence-corrected chi connectivity index (χ2v) is 10.3. The fourth-order valence-corrected chi connectivity index (χ4v) is 8.03. The van der Waals surface area contributed by atoms with Gasteiger partial charge in [-0.2, -0.15) is 0 Å². The number of fused-ring (bicyclic) bond motifs is 4. The van der Waals surface area contributed by atoms with Crippen molar-refractivity contribution in [1.82, 2.24) is 0 Å². The third-order valence-electron chi connectivity index (χ3n) is 9.30. The van der Waals surface area contributed by atoms with Gasteiger partial charge >= 0.3 is 5.97 Å². The Morgan fingerprint density at radius 1 is 1.21 bits per heavy atom. The van der Waals surface area contributed by atoms with Crippen LogP contribution >= 0.6 is 0 Å². The molecule has 1 saturated heterocycles. The molecular formula is C23H32O5. The van der Waals surface area contributed by atoms with E-state index in [1.165, 1.54) is 12.5 Å². The Kier molecular flexibility index (Phi) is 4.13. The maximum atomic E-state index is 12.0. The van der Waals surface area contributed by atoms with Gasteiger partial charge in [0, 0.05) is 24.7 Å². The standard InChI is InChI=1S/C23H32O5/c1-14(24)27-13-23(26)20-6-5-19-17-4-3-15-11-16(25)7-9-21(15,2)18(17)8-10-22(19,20)12-28-23/h11,17-20,26H,3-10,12-13H2,1-2H3/t17-,18+,19+,20+,21+,22-,23?/m1/s1. The first-order valence-corrected chi connectivity index (χ1v) is 11.0. The number of ketones is 1. The van der Waals surface area contributed by atoms with Crippen molar-refractivity contribution in [2.75, 3.05) is 13.2 Å². The molecule has 1 heterocycles. The minimum Gasteiger partial charge on any atom is -0.460 e. The van der Waals surface area contributed by atoms with Crippen molar-refractivity contribution in [1.29, 1.82) is 0 Å². The first-order chi connectivity index (χ1) is 13.3. The van der Waals surface area contributed by atoms with E-state index in [1.807, 2.05) is 6.08 Å². The summed E-state index contributed by atoms with van der Waals surface area (Å²) in [5.74, 6) is 0.516. The van der Waals surface area contributed by atoms with Crippen molar-refractivity contribution in [3.8, 4) is 0 Å². The van der Waals surface area contributed by atoms with E-state index in [2.05, 4.69) is 6.92 Å². The third-order valence-corrected chi connectivity index (χ3v) is 9.30. The van der Waals surface area contributed by atoms with Crippen LogP contribution in [-0.4, -0.2) is 35.9 Å². The van der Waals surface area contributed by atoms with Gasteiger partial charge in [0.2, 0.25) is 5.79 Å². The smallest absolute Gasteiger partial charge is 0.302 e. The minimum absolute atomic E-state index is 0.0259. The van der Waals surface area contributed by atoms with Crippen molar-refractivity contribution in [3.05, 3.63) is 11.6 Å². The second kappa shape index (κ2) is 6.15. The molecule has 1 aliphatic heterocycles. The number of hydrogen-bond acceptors (Lipinski definition) is 5. The molecule has 1 unspecified atom stereocenters. The van der Waals surface area contributed by atoms with Gasteiger partial charge in [-0.1, -0.05) is 12.5 Å². The van der Waals surface area contributed by atoms with Crippen molar-refractivity contribution in [2.24, 2.45) is 34.5 Å². The topological polar surface area (TPSA) is 72.8 Å². The van der Waals surface area contributed by atoms with Crippen LogP contribution < -0.4 is 0 Å². The number of ether oxygens (including phenoxy) is 2. The van der Waals surface area contributed by atoms with Gasteiger partial charge in [-0.25, -0.2) is 0 Å². The van der Waals surface area contributed by atoms with Crippen LogP contribution in [0.1, 0.15) is 65.2 Å². The molecule has 3 saturated carbocycles. The highest BCUT2D eigenvalue weighted by atomic mass is 16.7. The molecule has 0 bridgehead atoms. The Labute approximate surface area is 166 Å². The first kappa shape index (κ1) is 18.8. The molecule has 154 valence electrons. The van der Waals surface area contributed by atoms with Gasteiger partial charge in [-0.05, 0) is 74.2 Å². The summed E-state index contributed by atoms with van der Waals surface area (Å²) >= 11 is 0. The predicted octanol–water partition coefficient (Wildman–Crippen LogP) is 3.40.